The third-order valence-electron chi connectivity index (χ3n) is 7.33. The molecule has 13 nitrogen and oxygen atoms in total. The molecule has 0 bridgehead atoms. The molecule has 14 heteroatoms. The van der Waals surface area contributed by atoms with Crippen molar-refractivity contribution in [3.05, 3.63) is 110 Å². The maximum absolute atomic E-state index is 13.6. The number of benzene rings is 1. The minimum Gasteiger partial charge on any atom is -0.355 e. The molecule has 4 aromatic heterocycles. The summed E-state index contributed by atoms with van der Waals surface area (Å²) in [6, 6.07) is 13.4. The lowest BCUT2D eigenvalue weighted by Gasteiger charge is -2.22. The monoisotopic (exact) mass is 628 g/mol. The fourth-order valence-electron chi connectivity index (χ4n) is 5.07. The van der Waals surface area contributed by atoms with Gasteiger partial charge >= 0.3 is 5.69 Å². The molecule has 0 aliphatic heterocycles. The van der Waals surface area contributed by atoms with Crippen molar-refractivity contribution in [2.75, 3.05) is 18.0 Å². The van der Waals surface area contributed by atoms with E-state index in [1.54, 1.807) is 35.0 Å². The van der Waals surface area contributed by atoms with Gasteiger partial charge in [-0.05, 0) is 55.3 Å². The number of nitrogens with one attached hydrogen (secondary N) is 2. The minimum atomic E-state index is -0.524. The molecular formula is C32H33FN8O5. The number of nitrogens with zero attached hydrogens (tertiary/aromatic N) is 6. The first-order valence-electron chi connectivity index (χ1n) is 14.8. The van der Waals surface area contributed by atoms with Crippen molar-refractivity contribution in [3.63, 3.8) is 0 Å². The number of rotatable bonds is 12. The van der Waals surface area contributed by atoms with E-state index in [0.717, 1.165) is 4.57 Å². The van der Waals surface area contributed by atoms with Gasteiger partial charge in [-0.3, -0.25) is 33.2 Å². The Morgan fingerprint density at radius 3 is 2.43 bits per heavy atom. The van der Waals surface area contributed by atoms with E-state index in [1.165, 1.54) is 52.9 Å². The molecule has 0 spiro atoms. The third-order valence-corrected chi connectivity index (χ3v) is 7.33. The maximum Gasteiger partial charge on any atom is 0.332 e. The summed E-state index contributed by atoms with van der Waals surface area (Å²) in [7, 11) is 0. The molecule has 0 saturated heterocycles. The molecule has 0 unspecified atom stereocenters. The summed E-state index contributed by atoms with van der Waals surface area (Å²) in [6.07, 6.45) is 4.16. The summed E-state index contributed by atoms with van der Waals surface area (Å²) in [6.45, 7) is 4.30. The predicted molar refractivity (Wildman–Crippen MR) is 170 cm³/mol. The first-order valence-corrected chi connectivity index (χ1v) is 14.8. The number of pyridine rings is 2. The van der Waals surface area contributed by atoms with Gasteiger partial charge in [-0.15, -0.1) is 0 Å². The van der Waals surface area contributed by atoms with Gasteiger partial charge in [0, 0.05) is 69.2 Å². The van der Waals surface area contributed by atoms with Crippen LogP contribution in [0.15, 0.2) is 81.4 Å². The number of carbonyl (C=O) groups excluding carboxylic acids is 2. The van der Waals surface area contributed by atoms with E-state index in [2.05, 4.69) is 20.3 Å². The quantitative estimate of drug-likeness (QED) is 0.215. The number of aromatic nitrogens is 6. The highest BCUT2D eigenvalue weighted by Crippen LogP contribution is 2.22. The number of hydrogen-bond acceptors (Lipinski definition) is 7. The smallest absolute Gasteiger partial charge is 0.332 e. The molecule has 46 heavy (non-hydrogen) atoms. The van der Waals surface area contributed by atoms with Crippen LogP contribution >= 0.6 is 0 Å². The van der Waals surface area contributed by atoms with Crippen molar-refractivity contribution >= 4 is 28.8 Å². The van der Waals surface area contributed by atoms with Crippen molar-refractivity contribution in [1.82, 2.24) is 34.0 Å². The van der Waals surface area contributed by atoms with Crippen molar-refractivity contribution in [1.29, 1.82) is 0 Å². The summed E-state index contributed by atoms with van der Waals surface area (Å²) in [4.78, 5) is 77.1. The van der Waals surface area contributed by atoms with Gasteiger partial charge in [0.2, 0.25) is 11.5 Å². The Kier molecular flexibility index (Phi) is 9.64. The number of halogens is 1. The van der Waals surface area contributed by atoms with E-state index in [0.29, 0.717) is 30.8 Å². The Bertz CT molecular complexity index is 2040. The zero-order valence-electron chi connectivity index (χ0n) is 25.4. The summed E-state index contributed by atoms with van der Waals surface area (Å²) in [5.41, 5.74) is -0.141. The fourth-order valence-corrected chi connectivity index (χ4v) is 5.07. The van der Waals surface area contributed by atoms with Crippen LogP contribution in [0.1, 0.15) is 37.0 Å². The molecule has 2 amide bonds. The predicted octanol–water partition coefficient (Wildman–Crippen LogP) is 2.53. The normalized spacial score (nSPS) is 11.1. The van der Waals surface area contributed by atoms with E-state index in [1.807, 2.05) is 6.92 Å². The van der Waals surface area contributed by atoms with Crippen LogP contribution in [0, 0.1) is 5.82 Å². The number of imidazole rings is 1. The van der Waals surface area contributed by atoms with E-state index >= 15 is 0 Å². The Morgan fingerprint density at radius 2 is 1.76 bits per heavy atom. The Balaban J connectivity index is 1.47. The highest BCUT2D eigenvalue weighted by molar-refractivity contribution is 6.05. The lowest BCUT2D eigenvalue weighted by atomic mass is 10.2. The third kappa shape index (κ3) is 6.85. The average molecular weight is 629 g/mol. The van der Waals surface area contributed by atoms with Crippen LogP contribution in [0.4, 0.5) is 10.2 Å². The maximum atomic E-state index is 13.6. The van der Waals surface area contributed by atoms with Crippen LogP contribution in [0.3, 0.4) is 0 Å². The van der Waals surface area contributed by atoms with Gasteiger partial charge in [-0.1, -0.05) is 13.0 Å². The number of aryl methyl sites for hydroxylation is 1. The standard InChI is InChI=1S/C32H33FN8O5/c1-3-15-41-31(45)27-29(40(32(41)46)19-14-34-21(2)42)37-28(36-27)23-10-13-25(35-20-23)39(30(44)22-8-11-24(33)12-9-22)18-6-17-38-16-5-4-7-26(38)43/h4-5,7-13,16,20H,3,6,14-15,17-19H2,1-2H3,(H,34,42)(H,36,37). The molecule has 4 heterocycles. The number of hydrogen-bond donors (Lipinski definition) is 2. The second-order valence-corrected chi connectivity index (χ2v) is 10.6. The highest BCUT2D eigenvalue weighted by Gasteiger charge is 2.21. The number of aromatic amines is 1. The summed E-state index contributed by atoms with van der Waals surface area (Å²) < 4.78 is 17.6. The van der Waals surface area contributed by atoms with E-state index in [-0.39, 0.29) is 60.2 Å². The molecule has 0 fully saturated rings. The van der Waals surface area contributed by atoms with Gasteiger partial charge < -0.3 is 14.9 Å². The Labute approximate surface area is 262 Å². The molecule has 0 aliphatic carbocycles. The SMILES string of the molecule is CCCn1c(=O)c2[nH]c(-c3ccc(N(CCCn4ccccc4=O)C(=O)c4ccc(F)cc4)nc3)nc2n(CCNC(C)=O)c1=O. The summed E-state index contributed by atoms with van der Waals surface area (Å²) in [5.74, 6) is -0.521. The number of carbonyl (C=O) groups is 2. The van der Waals surface area contributed by atoms with Crippen LogP contribution in [0.2, 0.25) is 0 Å². The first-order chi connectivity index (χ1) is 22.2. The molecule has 1 aromatic carbocycles. The van der Waals surface area contributed by atoms with Gasteiger partial charge in [0.15, 0.2) is 5.65 Å². The van der Waals surface area contributed by atoms with Gasteiger partial charge in [-0.2, -0.15) is 0 Å². The van der Waals surface area contributed by atoms with Crippen molar-refractivity contribution in [2.45, 2.75) is 46.3 Å². The fraction of sp³-hybridized carbons (Fsp3) is 0.281. The van der Waals surface area contributed by atoms with E-state index < -0.39 is 23.0 Å². The topological polar surface area (TPSA) is 157 Å². The van der Waals surface area contributed by atoms with Crippen LogP contribution in [0.5, 0.6) is 0 Å². The molecule has 0 aliphatic rings. The molecule has 5 aromatic rings. The molecular weight excluding hydrogens is 595 g/mol. The first kappa shape index (κ1) is 31.8. The van der Waals surface area contributed by atoms with Crippen molar-refractivity contribution < 1.29 is 14.0 Å². The Morgan fingerprint density at radius 1 is 0.978 bits per heavy atom. The molecule has 5 rings (SSSR count). The van der Waals surface area contributed by atoms with Gasteiger partial charge in [0.25, 0.3) is 11.5 Å². The zero-order valence-corrected chi connectivity index (χ0v) is 25.4. The second kappa shape index (κ2) is 14.0. The van der Waals surface area contributed by atoms with E-state index in [9.17, 15) is 28.4 Å². The average Bonchev–Trinajstić information content (AvgIpc) is 3.49. The number of fused-ring (bicyclic) bond motifs is 1. The van der Waals surface area contributed by atoms with Crippen molar-refractivity contribution in [2.24, 2.45) is 0 Å². The van der Waals surface area contributed by atoms with E-state index in [4.69, 9.17) is 0 Å². The number of anilines is 1. The minimum absolute atomic E-state index is 0.107. The summed E-state index contributed by atoms with van der Waals surface area (Å²) >= 11 is 0. The van der Waals surface area contributed by atoms with Gasteiger partial charge in [-0.25, -0.2) is 19.2 Å². The number of amides is 2. The van der Waals surface area contributed by atoms with Crippen LogP contribution in [0.25, 0.3) is 22.6 Å². The zero-order chi connectivity index (χ0) is 32.8. The summed E-state index contributed by atoms with van der Waals surface area (Å²) in [5, 5.41) is 2.66. The largest absolute Gasteiger partial charge is 0.355 e. The van der Waals surface area contributed by atoms with Crippen LogP contribution in [-0.4, -0.2) is 53.6 Å². The second-order valence-electron chi connectivity index (χ2n) is 10.6. The van der Waals surface area contributed by atoms with Gasteiger partial charge in [0.05, 0.1) is 0 Å². The lowest BCUT2D eigenvalue weighted by Crippen LogP contribution is -2.41. The lowest BCUT2D eigenvalue weighted by molar-refractivity contribution is -0.118. The molecule has 0 atom stereocenters. The van der Waals surface area contributed by atoms with Crippen molar-refractivity contribution in [3.8, 4) is 11.4 Å². The van der Waals surface area contributed by atoms with Crippen LogP contribution < -0.4 is 27.0 Å². The molecule has 0 radical (unpaired) electrons. The van der Waals surface area contributed by atoms with Crippen LogP contribution in [-0.2, 0) is 24.4 Å². The molecule has 0 saturated carbocycles. The molecule has 2 N–H and O–H groups in total. The number of H-pyrrole nitrogens is 1. The molecule has 238 valence electrons. The highest BCUT2D eigenvalue weighted by atomic mass is 19.1. The van der Waals surface area contributed by atoms with Gasteiger partial charge in [0.1, 0.15) is 23.0 Å². The Hall–Kier alpha value is -5.66.